The average Bonchev–Trinajstić information content (AvgIpc) is 2.61. The Kier molecular flexibility index (Phi) is 6.48. The fourth-order valence-electron chi connectivity index (χ4n) is 2.47. The van der Waals surface area contributed by atoms with Gasteiger partial charge in [-0.1, -0.05) is 45.4 Å². The highest BCUT2D eigenvalue weighted by molar-refractivity contribution is 5.35. The highest BCUT2D eigenvalue weighted by Gasteiger charge is 2.15. The molecule has 0 aliphatic heterocycles. The zero-order chi connectivity index (χ0) is 13.5. The summed E-state index contributed by atoms with van der Waals surface area (Å²) in [5, 5.41) is 10.2. The van der Waals surface area contributed by atoms with E-state index in [0.717, 1.165) is 18.5 Å². The maximum Gasteiger partial charge on any atom is 0.0940 e. The zero-order valence-electron chi connectivity index (χ0n) is 12.5. The van der Waals surface area contributed by atoms with Crippen LogP contribution in [0, 0.1) is 20.8 Å². The van der Waals surface area contributed by atoms with Crippen LogP contribution in [0.4, 0.5) is 0 Å². The molecule has 18 heavy (non-hydrogen) atoms. The van der Waals surface area contributed by atoms with Crippen molar-refractivity contribution in [2.45, 2.75) is 78.7 Å². The summed E-state index contributed by atoms with van der Waals surface area (Å²) >= 11 is 0. The Balaban J connectivity index is 2.32. The highest BCUT2D eigenvalue weighted by atomic mass is 16.3. The number of hydrogen-bond donors (Lipinski definition) is 2. The molecule has 0 aliphatic rings. The van der Waals surface area contributed by atoms with Crippen molar-refractivity contribution in [2.75, 3.05) is 0 Å². The minimum absolute atomic E-state index is 0.316. The van der Waals surface area contributed by atoms with Crippen LogP contribution in [0.25, 0.3) is 0 Å². The second-order valence-electron chi connectivity index (χ2n) is 5.49. The first-order chi connectivity index (χ1) is 8.57. The van der Waals surface area contributed by atoms with E-state index in [1.165, 1.54) is 48.9 Å². The number of aromatic amines is 1. The highest BCUT2D eigenvalue weighted by Crippen LogP contribution is 2.26. The van der Waals surface area contributed by atoms with Gasteiger partial charge in [-0.2, -0.15) is 0 Å². The number of nitrogens with one attached hydrogen (secondary N) is 1. The fourth-order valence-corrected chi connectivity index (χ4v) is 2.47. The molecular weight excluding hydrogens is 222 g/mol. The number of aliphatic hydroxyl groups is 1. The molecule has 0 spiro atoms. The van der Waals surface area contributed by atoms with Crippen molar-refractivity contribution < 1.29 is 5.11 Å². The quantitative estimate of drug-likeness (QED) is 0.644. The van der Waals surface area contributed by atoms with Gasteiger partial charge in [0.2, 0.25) is 0 Å². The first-order valence-corrected chi connectivity index (χ1v) is 7.41. The van der Waals surface area contributed by atoms with Gasteiger partial charge >= 0.3 is 0 Å². The lowest BCUT2D eigenvalue weighted by atomic mass is 10.0. The maximum atomic E-state index is 10.2. The second-order valence-corrected chi connectivity index (χ2v) is 5.49. The smallest absolute Gasteiger partial charge is 0.0940 e. The molecular formula is C16H29NO. The van der Waals surface area contributed by atoms with Crippen LogP contribution in [0.3, 0.4) is 0 Å². The first kappa shape index (κ1) is 15.3. The molecule has 1 heterocycles. The van der Waals surface area contributed by atoms with Crippen LogP contribution in [0.15, 0.2) is 0 Å². The molecule has 1 rings (SSSR count). The molecule has 0 aliphatic carbocycles. The fraction of sp³-hybridized carbons (Fsp3) is 0.750. The third kappa shape index (κ3) is 4.16. The number of aryl methyl sites for hydroxylation is 1. The summed E-state index contributed by atoms with van der Waals surface area (Å²) in [6.45, 7) is 8.52. The Bertz CT molecular complexity index is 354. The Morgan fingerprint density at radius 3 is 2.11 bits per heavy atom. The number of hydrogen-bond acceptors (Lipinski definition) is 1. The van der Waals surface area contributed by atoms with Crippen molar-refractivity contribution in [3.05, 3.63) is 22.5 Å². The molecule has 2 N–H and O–H groups in total. The molecule has 0 fully saturated rings. The lowest BCUT2D eigenvalue weighted by Crippen LogP contribution is -2.00. The summed E-state index contributed by atoms with van der Waals surface area (Å²) in [5.74, 6) is 0. The summed E-state index contributed by atoms with van der Waals surface area (Å²) in [5.41, 5.74) is 4.72. The van der Waals surface area contributed by atoms with E-state index >= 15 is 0 Å². The van der Waals surface area contributed by atoms with Crippen LogP contribution >= 0.6 is 0 Å². The number of unbranched alkanes of at least 4 members (excludes halogenated alkanes) is 5. The van der Waals surface area contributed by atoms with Crippen LogP contribution in [0.1, 0.15) is 80.5 Å². The van der Waals surface area contributed by atoms with E-state index in [0.29, 0.717) is 0 Å². The molecule has 2 nitrogen and oxygen atoms in total. The van der Waals surface area contributed by atoms with E-state index in [2.05, 4.69) is 32.7 Å². The lowest BCUT2D eigenvalue weighted by molar-refractivity contribution is 0.158. The predicted octanol–water partition coefficient (Wildman–Crippen LogP) is 4.72. The largest absolute Gasteiger partial charge is 0.387 e. The van der Waals surface area contributed by atoms with Crippen molar-refractivity contribution in [2.24, 2.45) is 0 Å². The van der Waals surface area contributed by atoms with E-state index < -0.39 is 0 Å². The topological polar surface area (TPSA) is 36.0 Å². The van der Waals surface area contributed by atoms with Crippen LogP contribution < -0.4 is 0 Å². The Hall–Kier alpha value is -0.760. The van der Waals surface area contributed by atoms with Gasteiger partial charge in [-0.25, -0.2) is 0 Å². The second kappa shape index (κ2) is 7.63. The van der Waals surface area contributed by atoms with Crippen molar-refractivity contribution in [3.63, 3.8) is 0 Å². The Morgan fingerprint density at radius 2 is 1.56 bits per heavy atom. The summed E-state index contributed by atoms with van der Waals surface area (Å²) < 4.78 is 0. The molecule has 104 valence electrons. The lowest BCUT2D eigenvalue weighted by Gasteiger charge is -2.10. The van der Waals surface area contributed by atoms with Gasteiger partial charge < -0.3 is 10.1 Å². The molecule has 0 aromatic carbocycles. The summed E-state index contributed by atoms with van der Waals surface area (Å²) in [7, 11) is 0. The predicted molar refractivity (Wildman–Crippen MR) is 78.0 cm³/mol. The molecule has 0 bridgehead atoms. The van der Waals surface area contributed by atoms with Crippen LogP contribution in [0.2, 0.25) is 0 Å². The van der Waals surface area contributed by atoms with E-state index in [1.54, 1.807) is 0 Å². The molecule has 0 saturated heterocycles. The average molecular weight is 251 g/mol. The molecule has 1 atom stereocenters. The van der Waals surface area contributed by atoms with E-state index in [1.807, 2.05) is 0 Å². The summed E-state index contributed by atoms with van der Waals surface area (Å²) in [6.07, 6.45) is 8.22. The van der Waals surface area contributed by atoms with Gasteiger partial charge in [0.1, 0.15) is 0 Å². The number of aromatic nitrogens is 1. The minimum atomic E-state index is -0.316. The van der Waals surface area contributed by atoms with Gasteiger partial charge in [0.05, 0.1) is 6.10 Å². The van der Waals surface area contributed by atoms with Gasteiger partial charge in [0.25, 0.3) is 0 Å². The molecule has 1 unspecified atom stereocenters. The van der Waals surface area contributed by atoms with Gasteiger partial charge in [-0.3, -0.25) is 0 Å². The van der Waals surface area contributed by atoms with Crippen molar-refractivity contribution in [3.8, 4) is 0 Å². The van der Waals surface area contributed by atoms with E-state index in [4.69, 9.17) is 0 Å². The van der Waals surface area contributed by atoms with E-state index in [-0.39, 0.29) is 6.10 Å². The standard InChI is InChI=1S/C16H29NO/c1-5-6-7-8-9-10-11-15(18)16-13(3)12(2)14(4)17-16/h15,17-18H,5-11H2,1-4H3. The SMILES string of the molecule is CCCCCCCCC(O)c1[nH]c(C)c(C)c1C. The third-order valence-electron chi connectivity index (χ3n) is 4.02. The number of rotatable bonds is 8. The number of aliphatic hydroxyl groups excluding tert-OH is 1. The van der Waals surface area contributed by atoms with Gasteiger partial charge in [-0.15, -0.1) is 0 Å². The Morgan fingerprint density at radius 1 is 0.944 bits per heavy atom. The molecule has 0 saturated carbocycles. The van der Waals surface area contributed by atoms with Crippen molar-refractivity contribution in [1.82, 2.24) is 4.98 Å². The Labute approximate surface area is 112 Å². The monoisotopic (exact) mass is 251 g/mol. The summed E-state index contributed by atoms with van der Waals surface area (Å²) in [4.78, 5) is 3.32. The van der Waals surface area contributed by atoms with Crippen LogP contribution in [-0.2, 0) is 0 Å². The molecule has 0 radical (unpaired) electrons. The normalized spacial score (nSPS) is 12.9. The third-order valence-corrected chi connectivity index (χ3v) is 4.02. The molecule has 1 aromatic rings. The van der Waals surface area contributed by atoms with Crippen molar-refractivity contribution in [1.29, 1.82) is 0 Å². The van der Waals surface area contributed by atoms with Gasteiger partial charge in [0, 0.05) is 11.4 Å². The maximum absolute atomic E-state index is 10.2. The molecule has 2 heteroatoms. The summed E-state index contributed by atoms with van der Waals surface area (Å²) in [6, 6.07) is 0. The van der Waals surface area contributed by atoms with Gasteiger partial charge in [-0.05, 0) is 38.3 Å². The van der Waals surface area contributed by atoms with E-state index in [9.17, 15) is 5.11 Å². The van der Waals surface area contributed by atoms with Gasteiger partial charge in [0.15, 0.2) is 0 Å². The molecule has 1 aromatic heterocycles. The van der Waals surface area contributed by atoms with Crippen LogP contribution in [-0.4, -0.2) is 10.1 Å². The number of H-pyrrole nitrogens is 1. The first-order valence-electron chi connectivity index (χ1n) is 7.41. The molecule has 0 amide bonds. The minimum Gasteiger partial charge on any atom is -0.387 e. The van der Waals surface area contributed by atoms with Crippen molar-refractivity contribution >= 4 is 0 Å². The zero-order valence-corrected chi connectivity index (χ0v) is 12.5. The van der Waals surface area contributed by atoms with Crippen LogP contribution in [0.5, 0.6) is 0 Å².